The quantitative estimate of drug-likeness (QED) is 0.456. The van der Waals surface area contributed by atoms with Crippen LogP contribution in [0.3, 0.4) is 0 Å². The van der Waals surface area contributed by atoms with Crippen molar-refractivity contribution in [1.82, 2.24) is 15.1 Å². The van der Waals surface area contributed by atoms with E-state index in [1.165, 1.54) is 6.07 Å². The van der Waals surface area contributed by atoms with Crippen LogP contribution < -0.4 is 5.32 Å². The molecule has 190 valence electrons. The van der Waals surface area contributed by atoms with Crippen molar-refractivity contribution < 1.29 is 27.5 Å². The van der Waals surface area contributed by atoms with E-state index in [1.54, 1.807) is 16.8 Å². The molecule has 0 aliphatic carbocycles. The molecule has 3 heterocycles. The number of rotatable bonds is 7. The van der Waals surface area contributed by atoms with Crippen molar-refractivity contribution >= 4 is 21.7 Å². The van der Waals surface area contributed by atoms with Gasteiger partial charge in [0.15, 0.2) is 9.84 Å². The van der Waals surface area contributed by atoms with Crippen LogP contribution in [0.25, 0.3) is 5.69 Å². The molecular weight excluding hydrogens is 470 g/mol. The lowest BCUT2D eigenvalue weighted by atomic mass is 9.76. The van der Waals surface area contributed by atoms with Crippen LogP contribution in [0, 0.1) is 5.41 Å². The molecule has 1 saturated heterocycles. The molecule has 9 nitrogen and oxygen atoms in total. The van der Waals surface area contributed by atoms with E-state index in [-0.39, 0.29) is 28.4 Å². The zero-order valence-corrected chi connectivity index (χ0v) is 21.4. The molecule has 0 saturated carbocycles. The number of nitrogens with zero attached hydrogens (tertiary/aromatic N) is 2. The summed E-state index contributed by atoms with van der Waals surface area (Å²) in [6.45, 7) is 5.95. The summed E-state index contributed by atoms with van der Waals surface area (Å²) in [5.41, 5.74) is 2.13. The lowest BCUT2D eigenvalue weighted by Crippen LogP contribution is -2.40. The number of hydrogen-bond donors (Lipinski definition) is 1. The van der Waals surface area contributed by atoms with Gasteiger partial charge in [-0.05, 0) is 55.7 Å². The monoisotopic (exact) mass is 503 g/mol. The summed E-state index contributed by atoms with van der Waals surface area (Å²) < 4.78 is 38.1. The summed E-state index contributed by atoms with van der Waals surface area (Å²) in [6.07, 6.45) is 5.40. The van der Waals surface area contributed by atoms with Gasteiger partial charge in [0.2, 0.25) is 0 Å². The van der Waals surface area contributed by atoms with E-state index >= 15 is 0 Å². The van der Waals surface area contributed by atoms with Crippen LogP contribution in [0.2, 0.25) is 0 Å². The van der Waals surface area contributed by atoms with Gasteiger partial charge in [-0.15, -0.1) is 0 Å². The summed E-state index contributed by atoms with van der Waals surface area (Å²) in [6, 6.07) is 4.48. The third kappa shape index (κ3) is 5.13. The van der Waals surface area contributed by atoms with E-state index in [0.717, 1.165) is 31.9 Å². The number of sulfone groups is 1. The second-order valence-electron chi connectivity index (χ2n) is 9.45. The first-order chi connectivity index (χ1) is 16.7. The number of fused-ring (bicyclic) bond motifs is 1. The SMILES string of the molecule is CCCCOC(=O)c1ccc(-n2nc(CC)c3c2CC2(CCOCC2)CNC3=O)c(S(C)(=O)=O)c1. The van der Waals surface area contributed by atoms with Crippen molar-refractivity contribution in [3.05, 3.63) is 40.7 Å². The predicted octanol–water partition coefficient (Wildman–Crippen LogP) is 2.88. The fourth-order valence-electron chi connectivity index (χ4n) is 4.81. The molecule has 1 aromatic carbocycles. The fourth-order valence-corrected chi connectivity index (χ4v) is 5.69. The van der Waals surface area contributed by atoms with Crippen LogP contribution in [-0.4, -0.2) is 62.7 Å². The number of aromatic nitrogens is 2. The van der Waals surface area contributed by atoms with Crippen molar-refractivity contribution in [2.75, 3.05) is 32.6 Å². The van der Waals surface area contributed by atoms with Gasteiger partial charge in [0.05, 0.1) is 39.7 Å². The molecular formula is C25H33N3O6S. The molecule has 2 aliphatic rings. The summed E-state index contributed by atoms with van der Waals surface area (Å²) in [5.74, 6) is -0.757. The van der Waals surface area contributed by atoms with Crippen LogP contribution in [-0.2, 0) is 32.2 Å². The molecule has 2 aliphatic heterocycles. The van der Waals surface area contributed by atoms with Crippen LogP contribution in [0.4, 0.5) is 0 Å². The first kappa shape index (κ1) is 25.4. The maximum atomic E-state index is 13.1. The third-order valence-corrected chi connectivity index (χ3v) is 8.02. The molecule has 35 heavy (non-hydrogen) atoms. The topological polar surface area (TPSA) is 117 Å². The highest BCUT2D eigenvalue weighted by Gasteiger charge is 2.40. The maximum Gasteiger partial charge on any atom is 0.338 e. The fraction of sp³-hybridized carbons (Fsp3) is 0.560. The molecule has 2 aromatic rings. The van der Waals surface area contributed by atoms with E-state index < -0.39 is 15.8 Å². The Labute approximate surface area is 206 Å². The van der Waals surface area contributed by atoms with Crippen molar-refractivity contribution in [3.63, 3.8) is 0 Å². The minimum absolute atomic E-state index is 0.0268. The van der Waals surface area contributed by atoms with Crippen molar-refractivity contribution in [2.24, 2.45) is 5.41 Å². The Kier molecular flexibility index (Phi) is 7.32. The molecule has 1 spiro atoms. The number of esters is 1. The van der Waals surface area contributed by atoms with Gasteiger partial charge >= 0.3 is 5.97 Å². The van der Waals surface area contributed by atoms with E-state index in [4.69, 9.17) is 14.6 Å². The lowest BCUT2D eigenvalue weighted by molar-refractivity contribution is 0.0155. The van der Waals surface area contributed by atoms with Gasteiger partial charge < -0.3 is 14.8 Å². The van der Waals surface area contributed by atoms with Crippen LogP contribution in [0.5, 0.6) is 0 Å². The van der Waals surface area contributed by atoms with Crippen molar-refractivity contribution in [1.29, 1.82) is 0 Å². The van der Waals surface area contributed by atoms with Gasteiger partial charge in [-0.25, -0.2) is 17.9 Å². The second kappa shape index (κ2) is 10.1. The molecule has 10 heteroatoms. The molecule has 1 aromatic heterocycles. The number of nitrogens with one attached hydrogen (secondary N) is 1. The zero-order chi connectivity index (χ0) is 25.2. The molecule has 0 atom stereocenters. The molecule has 1 N–H and O–H groups in total. The Morgan fingerprint density at radius 1 is 1.26 bits per heavy atom. The summed E-state index contributed by atoms with van der Waals surface area (Å²) in [4.78, 5) is 25.6. The molecule has 4 rings (SSSR count). The third-order valence-electron chi connectivity index (χ3n) is 6.89. The number of amides is 1. The predicted molar refractivity (Wildman–Crippen MR) is 130 cm³/mol. The van der Waals surface area contributed by atoms with Gasteiger partial charge in [0.25, 0.3) is 5.91 Å². The van der Waals surface area contributed by atoms with Crippen LogP contribution in [0.1, 0.15) is 71.6 Å². The zero-order valence-electron chi connectivity index (χ0n) is 20.6. The maximum absolute atomic E-state index is 13.1. The number of carbonyl (C=O) groups is 2. The highest BCUT2D eigenvalue weighted by molar-refractivity contribution is 7.90. The minimum Gasteiger partial charge on any atom is -0.462 e. The Hall–Kier alpha value is -2.72. The lowest BCUT2D eigenvalue weighted by Gasteiger charge is -2.36. The van der Waals surface area contributed by atoms with Gasteiger partial charge in [0.1, 0.15) is 0 Å². The number of unbranched alkanes of at least 4 members (excludes halogenated alkanes) is 1. The molecule has 0 unspecified atom stereocenters. The standard InChI is InChI=1S/C25H33N3O6S/c1-4-6-11-34-24(30)17-7-8-19(21(14-17)35(3,31)32)28-20-15-25(9-12-33-13-10-25)16-26-23(29)22(20)18(5-2)27-28/h7-8,14H,4-6,9-13,15-16H2,1-3H3,(H,26,29). The van der Waals surface area contributed by atoms with Gasteiger partial charge in [-0.3, -0.25) is 4.79 Å². The minimum atomic E-state index is -3.73. The Balaban J connectivity index is 1.84. The van der Waals surface area contributed by atoms with Crippen molar-refractivity contribution in [2.45, 2.75) is 57.3 Å². The van der Waals surface area contributed by atoms with Gasteiger partial charge in [-0.2, -0.15) is 5.10 Å². The first-order valence-electron chi connectivity index (χ1n) is 12.2. The number of carbonyl (C=O) groups excluding carboxylic acids is 2. The Morgan fingerprint density at radius 2 is 2.00 bits per heavy atom. The highest BCUT2D eigenvalue weighted by atomic mass is 32.2. The van der Waals surface area contributed by atoms with E-state index in [0.29, 0.717) is 55.2 Å². The molecule has 1 fully saturated rings. The summed E-state index contributed by atoms with van der Waals surface area (Å²) >= 11 is 0. The average molecular weight is 504 g/mol. The second-order valence-corrected chi connectivity index (χ2v) is 11.4. The van der Waals surface area contributed by atoms with Crippen LogP contribution >= 0.6 is 0 Å². The van der Waals surface area contributed by atoms with E-state index in [2.05, 4.69) is 5.32 Å². The van der Waals surface area contributed by atoms with Crippen LogP contribution in [0.15, 0.2) is 23.1 Å². The molecule has 0 bridgehead atoms. The Bertz CT molecular complexity index is 1230. The molecule has 0 radical (unpaired) electrons. The Morgan fingerprint density at radius 3 is 2.66 bits per heavy atom. The van der Waals surface area contributed by atoms with E-state index in [9.17, 15) is 18.0 Å². The first-order valence-corrected chi connectivity index (χ1v) is 14.1. The number of hydrogen-bond acceptors (Lipinski definition) is 7. The summed E-state index contributed by atoms with van der Waals surface area (Å²) in [7, 11) is -3.73. The largest absolute Gasteiger partial charge is 0.462 e. The highest BCUT2D eigenvalue weighted by Crippen LogP contribution is 2.38. The number of aryl methyl sites for hydroxylation is 1. The summed E-state index contributed by atoms with van der Waals surface area (Å²) in [5, 5.41) is 7.77. The molecule has 1 amide bonds. The smallest absolute Gasteiger partial charge is 0.338 e. The van der Waals surface area contributed by atoms with Crippen molar-refractivity contribution in [3.8, 4) is 5.69 Å². The number of ether oxygens (including phenoxy) is 2. The normalized spacial score (nSPS) is 17.5. The average Bonchev–Trinajstić information content (AvgIpc) is 3.13. The van der Waals surface area contributed by atoms with E-state index in [1.807, 2.05) is 13.8 Å². The van der Waals surface area contributed by atoms with Gasteiger partial charge in [0, 0.05) is 26.0 Å². The van der Waals surface area contributed by atoms with Gasteiger partial charge in [-0.1, -0.05) is 20.3 Å². The number of benzene rings is 1.